The van der Waals surface area contributed by atoms with Crippen LogP contribution < -0.4 is 9.64 Å². The van der Waals surface area contributed by atoms with Crippen LogP contribution in [-0.4, -0.2) is 13.0 Å². The predicted octanol–water partition coefficient (Wildman–Crippen LogP) is 5.05. The highest BCUT2D eigenvalue weighted by molar-refractivity contribution is 5.99. The van der Waals surface area contributed by atoms with E-state index in [4.69, 9.17) is 4.74 Å². The van der Waals surface area contributed by atoms with Gasteiger partial charge in [0.05, 0.1) is 7.11 Å². The fraction of sp³-hybridized carbons (Fsp3) is 0.0952. The zero-order valence-corrected chi connectivity index (χ0v) is 13.8. The van der Waals surface area contributed by atoms with Gasteiger partial charge in [-0.2, -0.15) is 0 Å². The molecule has 0 aliphatic carbocycles. The number of nitrogens with zero attached hydrogens (tertiary/aromatic N) is 1. The lowest BCUT2D eigenvalue weighted by atomic mass is 10.0. The topological polar surface area (TPSA) is 29.5 Å². The number of benzene rings is 3. The molecule has 0 aliphatic heterocycles. The van der Waals surface area contributed by atoms with Gasteiger partial charge in [-0.1, -0.05) is 42.5 Å². The molecule has 0 atom stereocenters. The molecule has 0 bridgehead atoms. The third-order valence-electron chi connectivity index (χ3n) is 3.88. The minimum atomic E-state index is -0.0154. The number of amides is 1. The number of carbonyl (C=O) groups excluding carboxylic acids is 1. The highest BCUT2D eigenvalue weighted by atomic mass is 16.5. The van der Waals surface area contributed by atoms with E-state index in [0.29, 0.717) is 0 Å². The van der Waals surface area contributed by atoms with E-state index in [9.17, 15) is 4.79 Å². The van der Waals surface area contributed by atoms with Crippen molar-refractivity contribution in [1.29, 1.82) is 0 Å². The summed E-state index contributed by atoms with van der Waals surface area (Å²) in [7, 11) is 1.66. The van der Waals surface area contributed by atoms with Gasteiger partial charge in [-0.3, -0.25) is 9.69 Å². The lowest BCUT2D eigenvalue weighted by Gasteiger charge is -2.21. The second-order valence-corrected chi connectivity index (χ2v) is 5.47. The predicted molar refractivity (Wildman–Crippen MR) is 97.7 cm³/mol. The number of hydrogen-bond donors (Lipinski definition) is 0. The zero-order valence-electron chi connectivity index (χ0n) is 13.8. The molecule has 0 saturated heterocycles. The molecule has 120 valence electrons. The van der Waals surface area contributed by atoms with Crippen molar-refractivity contribution in [3.05, 3.63) is 78.9 Å². The smallest absolute Gasteiger partial charge is 0.228 e. The molecule has 3 aromatic carbocycles. The Kier molecular flexibility index (Phi) is 4.62. The molecule has 0 aliphatic rings. The van der Waals surface area contributed by atoms with Crippen LogP contribution >= 0.6 is 0 Å². The Bertz CT molecular complexity index is 809. The molecule has 0 heterocycles. The average molecular weight is 317 g/mol. The first-order valence-corrected chi connectivity index (χ1v) is 7.79. The molecule has 0 aromatic heterocycles. The molecule has 0 fully saturated rings. The van der Waals surface area contributed by atoms with Crippen LogP contribution in [0.5, 0.6) is 5.75 Å². The number of rotatable bonds is 4. The van der Waals surface area contributed by atoms with Gasteiger partial charge in [-0.15, -0.1) is 0 Å². The third-order valence-corrected chi connectivity index (χ3v) is 3.88. The van der Waals surface area contributed by atoms with Crippen LogP contribution in [0, 0.1) is 0 Å². The molecule has 3 rings (SSSR count). The highest BCUT2D eigenvalue weighted by Gasteiger charge is 2.13. The van der Waals surface area contributed by atoms with Gasteiger partial charge in [0, 0.05) is 18.3 Å². The van der Waals surface area contributed by atoms with Crippen molar-refractivity contribution < 1.29 is 9.53 Å². The van der Waals surface area contributed by atoms with Gasteiger partial charge in [0.1, 0.15) is 5.75 Å². The van der Waals surface area contributed by atoms with E-state index in [1.165, 1.54) is 0 Å². The van der Waals surface area contributed by atoms with E-state index < -0.39 is 0 Å². The summed E-state index contributed by atoms with van der Waals surface area (Å²) in [4.78, 5) is 13.8. The first-order chi connectivity index (χ1) is 11.7. The monoisotopic (exact) mass is 317 g/mol. The van der Waals surface area contributed by atoms with Gasteiger partial charge in [0.25, 0.3) is 0 Å². The number of anilines is 2. The summed E-state index contributed by atoms with van der Waals surface area (Å²) in [5, 5.41) is 0. The molecule has 3 heteroatoms. The zero-order chi connectivity index (χ0) is 16.9. The fourth-order valence-corrected chi connectivity index (χ4v) is 2.68. The van der Waals surface area contributed by atoms with Crippen molar-refractivity contribution >= 4 is 17.3 Å². The maximum Gasteiger partial charge on any atom is 0.228 e. The Morgan fingerprint density at radius 1 is 0.750 bits per heavy atom. The minimum absolute atomic E-state index is 0.0154. The minimum Gasteiger partial charge on any atom is -0.497 e. The third kappa shape index (κ3) is 3.30. The molecule has 0 saturated carbocycles. The van der Waals surface area contributed by atoms with E-state index in [1.54, 1.807) is 18.9 Å². The summed E-state index contributed by atoms with van der Waals surface area (Å²) in [6.45, 7) is 1.57. The van der Waals surface area contributed by atoms with Crippen LogP contribution in [0.2, 0.25) is 0 Å². The van der Waals surface area contributed by atoms with E-state index in [-0.39, 0.29) is 5.91 Å². The number of hydrogen-bond acceptors (Lipinski definition) is 2. The molecule has 0 N–H and O–H groups in total. The molecular weight excluding hydrogens is 298 g/mol. The number of carbonyl (C=O) groups is 1. The van der Waals surface area contributed by atoms with Crippen molar-refractivity contribution in [2.45, 2.75) is 6.92 Å². The summed E-state index contributed by atoms with van der Waals surface area (Å²) < 4.78 is 5.19. The Balaban J connectivity index is 1.91. The van der Waals surface area contributed by atoms with Crippen molar-refractivity contribution in [3.63, 3.8) is 0 Å². The van der Waals surface area contributed by atoms with Gasteiger partial charge in [0.2, 0.25) is 5.91 Å². The van der Waals surface area contributed by atoms with Crippen LogP contribution in [0.25, 0.3) is 11.1 Å². The van der Waals surface area contributed by atoms with Crippen LogP contribution in [0.15, 0.2) is 78.9 Å². The molecule has 3 aromatic rings. The number of ether oxygens (including phenoxy) is 1. The quantitative estimate of drug-likeness (QED) is 0.674. The van der Waals surface area contributed by atoms with E-state index in [2.05, 4.69) is 0 Å². The Morgan fingerprint density at radius 3 is 1.75 bits per heavy atom. The van der Waals surface area contributed by atoms with E-state index >= 15 is 0 Å². The molecule has 0 radical (unpaired) electrons. The lowest BCUT2D eigenvalue weighted by Crippen LogP contribution is -2.22. The normalized spacial score (nSPS) is 10.2. The van der Waals surface area contributed by atoms with Gasteiger partial charge in [0.15, 0.2) is 0 Å². The summed E-state index contributed by atoms with van der Waals surface area (Å²) in [5.74, 6) is 0.820. The first kappa shape index (κ1) is 15.8. The van der Waals surface area contributed by atoms with Crippen molar-refractivity contribution in [3.8, 4) is 16.9 Å². The second kappa shape index (κ2) is 7.01. The summed E-state index contributed by atoms with van der Waals surface area (Å²) in [6.07, 6.45) is 0. The van der Waals surface area contributed by atoms with Gasteiger partial charge < -0.3 is 4.74 Å². The summed E-state index contributed by atoms with van der Waals surface area (Å²) in [6, 6.07) is 25.6. The van der Waals surface area contributed by atoms with Crippen LogP contribution in [0.1, 0.15) is 6.92 Å². The molecule has 0 unspecified atom stereocenters. The fourth-order valence-electron chi connectivity index (χ4n) is 2.68. The Labute approximate surface area is 142 Å². The standard InChI is InChI=1S/C21H19NO2/c1-16(23)22(19-6-4-3-5-7-19)20-12-8-17(9-13-20)18-10-14-21(24-2)15-11-18/h3-15H,1-2H3. The molecule has 24 heavy (non-hydrogen) atoms. The lowest BCUT2D eigenvalue weighted by molar-refractivity contribution is -0.115. The molecular formula is C21H19NO2. The van der Waals surface area contributed by atoms with Crippen LogP contribution in [0.3, 0.4) is 0 Å². The number of para-hydroxylation sites is 1. The molecule has 1 amide bonds. The molecule has 0 spiro atoms. The van der Waals surface area contributed by atoms with Crippen molar-refractivity contribution in [2.24, 2.45) is 0 Å². The largest absolute Gasteiger partial charge is 0.497 e. The van der Waals surface area contributed by atoms with Crippen LogP contribution in [-0.2, 0) is 4.79 Å². The van der Waals surface area contributed by atoms with Gasteiger partial charge in [-0.25, -0.2) is 0 Å². The number of methoxy groups -OCH3 is 1. The molecule has 3 nitrogen and oxygen atoms in total. The Hall–Kier alpha value is -3.07. The van der Waals surface area contributed by atoms with E-state index in [0.717, 1.165) is 28.3 Å². The van der Waals surface area contributed by atoms with Crippen LogP contribution in [0.4, 0.5) is 11.4 Å². The van der Waals surface area contributed by atoms with Gasteiger partial charge >= 0.3 is 0 Å². The van der Waals surface area contributed by atoms with Crippen molar-refractivity contribution in [2.75, 3.05) is 12.0 Å². The van der Waals surface area contributed by atoms with E-state index in [1.807, 2.05) is 78.9 Å². The highest BCUT2D eigenvalue weighted by Crippen LogP contribution is 2.29. The maximum atomic E-state index is 12.1. The SMILES string of the molecule is COc1ccc(-c2ccc(N(C(C)=O)c3ccccc3)cc2)cc1. The second-order valence-electron chi connectivity index (χ2n) is 5.47. The maximum absolute atomic E-state index is 12.1. The average Bonchev–Trinajstić information content (AvgIpc) is 2.63. The van der Waals surface area contributed by atoms with Gasteiger partial charge in [-0.05, 0) is 47.5 Å². The summed E-state index contributed by atoms with van der Waals surface area (Å²) >= 11 is 0. The Morgan fingerprint density at radius 2 is 1.25 bits per heavy atom. The summed E-state index contributed by atoms with van der Waals surface area (Å²) in [5.41, 5.74) is 3.92. The van der Waals surface area contributed by atoms with Crippen molar-refractivity contribution in [1.82, 2.24) is 0 Å². The first-order valence-electron chi connectivity index (χ1n) is 7.79.